The molecule has 0 fully saturated rings. The van der Waals surface area contributed by atoms with Crippen molar-refractivity contribution in [2.45, 2.75) is 19.5 Å². The second-order valence-corrected chi connectivity index (χ2v) is 7.69. The number of nitrogen functional groups attached to an aromatic ring is 1. The molecule has 1 aliphatic rings. The maximum atomic E-state index is 12.8. The highest BCUT2D eigenvalue weighted by Gasteiger charge is 2.25. The predicted molar refractivity (Wildman–Crippen MR) is 117 cm³/mol. The van der Waals surface area contributed by atoms with Gasteiger partial charge in [-0.1, -0.05) is 12.1 Å². The fourth-order valence-electron chi connectivity index (χ4n) is 3.79. The van der Waals surface area contributed by atoms with Crippen molar-refractivity contribution >= 4 is 34.2 Å². The molecule has 0 saturated carbocycles. The lowest BCUT2D eigenvalue weighted by atomic mass is 10.2. The molecular weight excluding hydrogens is 394 g/mol. The molecule has 5 rings (SSSR count). The van der Waals surface area contributed by atoms with Gasteiger partial charge in [0.2, 0.25) is 0 Å². The first kappa shape index (κ1) is 18.9. The van der Waals surface area contributed by atoms with Crippen LogP contribution in [0.1, 0.15) is 39.5 Å². The van der Waals surface area contributed by atoms with E-state index in [0.29, 0.717) is 35.8 Å². The maximum Gasteiger partial charge on any atom is 0.274 e. The summed E-state index contributed by atoms with van der Waals surface area (Å²) in [6.07, 6.45) is 3.36. The smallest absolute Gasteiger partial charge is 0.274 e. The number of aromatic nitrogens is 4. The Bertz CT molecular complexity index is 1300. The van der Waals surface area contributed by atoms with Gasteiger partial charge >= 0.3 is 0 Å². The quantitative estimate of drug-likeness (QED) is 0.442. The van der Waals surface area contributed by atoms with Crippen LogP contribution in [-0.2, 0) is 6.54 Å². The third-order valence-corrected chi connectivity index (χ3v) is 5.36. The number of nitrogens with zero attached hydrogens (tertiary/aromatic N) is 4. The zero-order chi connectivity index (χ0) is 21.5. The third-order valence-electron chi connectivity index (χ3n) is 5.36. The maximum absolute atomic E-state index is 12.8. The Morgan fingerprint density at radius 2 is 2.06 bits per heavy atom. The van der Waals surface area contributed by atoms with Crippen molar-refractivity contribution in [3.63, 3.8) is 0 Å². The zero-order valence-electron chi connectivity index (χ0n) is 16.9. The van der Waals surface area contributed by atoms with Gasteiger partial charge in [0.05, 0.1) is 24.5 Å². The molecule has 2 amide bonds. The van der Waals surface area contributed by atoms with E-state index < -0.39 is 0 Å². The van der Waals surface area contributed by atoms with Crippen LogP contribution >= 0.6 is 0 Å². The molecule has 1 aliphatic heterocycles. The first-order valence-electron chi connectivity index (χ1n) is 9.96. The highest BCUT2D eigenvalue weighted by molar-refractivity contribution is 6.04. The van der Waals surface area contributed by atoms with Crippen molar-refractivity contribution in [3.8, 4) is 0 Å². The SMILES string of the molecule is CC1CNC(=O)c2cc3ccc(C(=O)Nc4cnn(Cc5ccc(N)cc5)c4)nc3n21. The molecule has 9 heteroatoms. The Morgan fingerprint density at radius 3 is 2.87 bits per heavy atom. The number of hydrogen-bond acceptors (Lipinski definition) is 5. The predicted octanol–water partition coefficient (Wildman–Crippen LogP) is 2.42. The molecule has 1 atom stereocenters. The lowest BCUT2D eigenvalue weighted by Gasteiger charge is -2.23. The van der Waals surface area contributed by atoms with Crippen LogP contribution in [0.2, 0.25) is 0 Å². The molecule has 0 aliphatic carbocycles. The number of hydrogen-bond donors (Lipinski definition) is 3. The van der Waals surface area contributed by atoms with Gasteiger partial charge in [0.25, 0.3) is 11.8 Å². The van der Waals surface area contributed by atoms with Crippen molar-refractivity contribution in [3.05, 3.63) is 71.8 Å². The molecule has 1 aromatic carbocycles. The first-order chi connectivity index (χ1) is 15.0. The number of benzene rings is 1. The van der Waals surface area contributed by atoms with Crippen molar-refractivity contribution in [1.82, 2.24) is 24.6 Å². The lowest BCUT2D eigenvalue weighted by Crippen LogP contribution is -2.37. The number of carbonyl (C=O) groups excluding carboxylic acids is 2. The van der Waals surface area contributed by atoms with Crippen LogP contribution in [0.25, 0.3) is 11.0 Å². The molecule has 4 aromatic rings. The summed E-state index contributed by atoms with van der Waals surface area (Å²) in [5, 5.41) is 10.8. The molecule has 4 N–H and O–H groups in total. The van der Waals surface area contributed by atoms with E-state index in [1.54, 1.807) is 29.2 Å². The van der Waals surface area contributed by atoms with E-state index >= 15 is 0 Å². The number of nitrogens with two attached hydrogens (primary N) is 1. The van der Waals surface area contributed by atoms with Gasteiger partial charge in [-0.25, -0.2) is 4.98 Å². The number of nitrogens with one attached hydrogen (secondary N) is 2. The summed E-state index contributed by atoms with van der Waals surface area (Å²) in [6, 6.07) is 12.9. The van der Waals surface area contributed by atoms with Gasteiger partial charge in [-0.05, 0) is 42.8 Å². The standard InChI is InChI=1S/C22H21N7O2/c1-13-9-24-22(31)19-8-15-4-7-18(27-20(15)29(13)19)21(30)26-17-10-25-28(12-17)11-14-2-5-16(23)6-3-14/h2-8,10,12-13H,9,11,23H2,1H3,(H,24,31)(H,26,30). The van der Waals surface area contributed by atoms with Crippen molar-refractivity contribution in [1.29, 1.82) is 0 Å². The number of rotatable bonds is 4. The van der Waals surface area contributed by atoms with Crippen molar-refractivity contribution in [2.24, 2.45) is 0 Å². The van der Waals surface area contributed by atoms with Crippen LogP contribution in [-0.4, -0.2) is 37.7 Å². The number of carbonyl (C=O) groups is 2. The fraction of sp³-hybridized carbons (Fsp3) is 0.182. The first-order valence-corrected chi connectivity index (χ1v) is 9.96. The molecule has 0 radical (unpaired) electrons. The third kappa shape index (κ3) is 3.50. The van der Waals surface area contributed by atoms with Crippen LogP contribution in [0, 0.1) is 0 Å². The molecule has 9 nitrogen and oxygen atoms in total. The Kier molecular flexibility index (Phi) is 4.43. The van der Waals surface area contributed by atoms with E-state index in [4.69, 9.17) is 5.73 Å². The topological polar surface area (TPSA) is 120 Å². The molecule has 0 saturated heterocycles. The van der Waals surface area contributed by atoms with E-state index in [9.17, 15) is 9.59 Å². The van der Waals surface area contributed by atoms with Gasteiger partial charge < -0.3 is 20.9 Å². The van der Waals surface area contributed by atoms with Gasteiger partial charge in [0.1, 0.15) is 17.0 Å². The van der Waals surface area contributed by atoms with E-state index in [1.807, 2.05) is 41.8 Å². The summed E-state index contributed by atoms with van der Waals surface area (Å²) >= 11 is 0. The molecular formula is C22H21N7O2. The van der Waals surface area contributed by atoms with Gasteiger partial charge in [-0.2, -0.15) is 5.10 Å². The van der Waals surface area contributed by atoms with Gasteiger partial charge in [-0.15, -0.1) is 0 Å². The summed E-state index contributed by atoms with van der Waals surface area (Å²) < 4.78 is 3.62. The molecule has 31 heavy (non-hydrogen) atoms. The minimum atomic E-state index is -0.336. The molecule has 156 valence electrons. The highest BCUT2D eigenvalue weighted by atomic mass is 16.2. The van der Waals surface area contributed by atoms with E-state index in [2.05, 4.69) is 20.7 Å². The molecule has 1 unspecified atom stereocenters. The van der Waals surface area contributed by atoms with E-state index in [1.165, 1.54) is 0 Å². The highest BCUT2D eigenvalue weighted by Crippen LogP contribution is 2.25. The number of anilines is 2. The average molecular weight is 415 g/mol. The Hall–Kier alpha value is -4.14. The second-order valence-electron chi connectivity index (χ2n) is 7.69. The van der Waals surface area contributed by atoms with Crippen molar-refractivity contribution in [2.75, 3.05) is 17.6 Å². The van der Waals surface area contributed by atoms with Gasteiger partial charge in [0, 0.05) is 23.8 Å². The largest absolute Gasteiger partial charge is 0.399 e. The summed E-state index contributed by atoms with van der Waals surface area (Å²) in [6.45, 7) is 3.10. The number of fused-ring (bicyclic) bond motifs is 3. The van der Waals surface area contributed by atoms with E-state index in [0.717, 1.165) is 10.9 Å². The monoisotopic (exact) mass is 415 g/mol. The Labute approximate surface area is 177 Å². The average Bonchev–Trinajstić information content (AvgIpc) is 3.37. The summed E-state index contributed by atoms with van der Waals surface area (Å²) in [4.78, 5) is 29.5. The summed E-state index contributed by atoms with van der Waals surface area (Å²) in [5.74, 6) is -0.465. The van der Waals surface area contributed by atoms with Crippen LogP contribution in [0.15, 0.2) is 54.9 Å². The van der Waals surface area contributed by atoms with Gasteiger partial charge in [-0.3, -0.25) is 14.3 Å². The van der Waals surface area contributed by atoms with Crippen LogP contribution in [0.5, 0.6) is 0 Å². The molecule has 3 aromatic heterocycles. The van der Waals surface area contributed by atoms with Crippen LogP contribution < -0.4 is 16.4 Å². The van der Waals surface area contributed by atoms with Crippen molar-refractivity contribution < 1.29 is 9.59 Å². The molecule has 0 bridgehead atoms. The summed E-state index contributed by atoms with van der Waals surface area (Å²) in [5.41, 5.74) is 9.52. The second kappa shape index (κ2) is 7.28. The zero-order valence-corrected chi connectivity index (χ0v) is 16.9. The van der Waals surface area contributed by atoms with Crippen LogP contribution in [0.4, 0.5) is 11.4 Å². The van der Waals surface area contributed by atoms with Gasteiger partial charge in [0.15, 0.2) is 0 Å². The summed E-state index contributed by atoms with van der Waals surface area (Å²) in [7, 11) is 0. The van der Waals surface area contributed by atoms with E-state index in [-0.39, 0.29) is 23.6 Å². The van der Waals surface area contributed by atoms with Crippen LogP contribution in [0.3, 0.4) is 0 Å². The number of amides is 2. The molecule has 4 heterocycles. The minimum absolute atomic E-state index is 0.0579. The fourth-order valence-corrected chi connectivity index (χ4v) is 3.79. The molecule has 0 spiro atoms. The minimum Gasteiger partial charge on any atom is -0.399 e. The number of pyridine rings is 1. The Balaban J connectivity index is 1.36. The Morgan fingerprint density at radius 1 is 1.26 bits per heavy atom. The lowest BCUT2D eigenvalue weighted by molar-refractivity contribution is 0.0918. The normalized spacial score (nSPS) is 15.5.